The summed E-state index contributed by atoms with van der Waals surface area (Å²) in [6.07, 6.45) is 1.21. The molecule has 2 aromatic rings. The molecule has 1 aliphatic heterocycles. The normalized spacial score (nSPS) is 16.7. The van der Waals surface area contributed by atoms with Gasteiger partial charge in [-0.05, 0) is 83.9 Å². The summed E-state index contributed by atoms with van der Waals surface area (Å²) in [4.78, 5) is 79.5. The van der Waals surface area contributed by atoms with Gasteiger partial charge in [0, 0.05) is 13.0 Å². The van der Waals surface area contributed by atoms with Crippen LogP contribution >= 0.6 is 0 Å². The van der Waals surface area contributed by atoms with Crippen LogP contribution in [0.15, 0.2) is 60.7 Å². The lowest BCUT2D eigenvalue weighted by molar-refractivity contribution is -0.149. The number of aliphatic carboxylic acids is 1. The maximum Gasteiger partial charge on any atom is 0.408 e. The number of benzene rings is 2. The van der Waals surface area contributed by atoms with Gasteiger partial charge in [0.05, 0.1) is 12.2 Å². The van der Waals surface area contributed by atoms with Crippen LogP contribution in [0.5, 0.6) is 0 Å². The second kappa shape index (κ2) is 18.2. The van der Waals surface area contributed by atoms with E-state index >= 15 is 0 Å². The predicted molar refractivity (Wildman–Crippen MR) is 185 cm³/mol. The second-order valence-electron chi connectivity index (χ2n) is 13.6. The Kier molecular flexibility index (Phi) is 14.4. The van der Waals surface area contributed by atoms with Crippen molar-refractivity contribution in [3.05, 3.63) is 71.8 Å². The van der Waals surface area contributed by atoms with Gasteiger partial charge >= 0.3 is 18.0 Å². The Labute approximate surface area is 293 Å². The smallest absolute Gasteiger partial charge is 0.408 e. The average molecular weight is 695 g/mol. The number of carboxylic acids is 1. The van der Waals surface area contributed by atoms with Gasteiger partial charge in [0.2, 0.25) is 17.7 Å². The highest BCUT2D eigenvalue weighted by molar-refractivity contribution is 5.97. The standard InChI is InChI=1S/C37H50N4O9/c1-6-37(5,34(47)38-28(24-25-16-9-7-10-17-25)31(43)41-22-15-21-29(41)32(44)45)40-30(42)27(39-35(48)50-36(2,3)4)20-13-14-23-49-33(46)26-18-11-8-12-19-26/h7-12,16-19,27-29H,6,13-15,20-24H2,1-5H3,(H,38,47)(H,39,48)(H,40,42)(H,44,45)/t27-,28-,29+,37-/m0/s1. The molecule has 1 fully saturated rings. The van der Waals surface area contributed by atoms with Gasteiger partial charge in [-0.2, -0.15) is 0 Å². The molecule has 1 aliphatic rings. The van der Waals surface area contributed by atoms with E-state index in [0.29, 0.717) is 31.2 Å². The number of hydrogen-bond donors (Lipinski definition) is 4. The fraction of sp³-hybridized carbons (Fsp3) is 0.514. The highest BCUT2D eigenvalue weighted by atomic mass is 16.6. The largest absolute Gasteiger partial charge is 0.480 e. The Bertz CT molecular complexity index is 1480. The van der Waals surface area contributed by atoms with Crippen molar-refractivity contribution in [1.82, 2.24) is 20.9 Å². The zero-order valence-electron chi connectivity index (χ0n) is 29.5. The number of carboxylic acid groups (broad SMARTS) is 1. The molecule has 272 valence electrons. The molecule has 4 atom stereocenters. The summed E-state index contributed by atoms with van der Waals surface area (Å²) >= 11 is 0. The first-order valence-corrected chi connectivity index (χ1v) is 17.1. The van der Waals surface area contributed by atoms with E-state index in [2.05, 4.69) is 16.0 Å². The summed E-state index contributed by atoms with van der Waals surface area (Å²) in [5, 5.41) is 17.9. The van der Waals surface area contributed by atoms with Crippen molar-refractivity contribution in [1.29, 1.82) is 0 Å². The molecule has 0 bridgehead atoms. The monoisotopic (exact) mass is 694 g/mol. The number of esters is 1. The number of nitrogens with one attached hydrogen (secondary N) is 3. The first-order chi connectivity index (χ1) is 23.6. The predicted octanol–water partition coefficient (Wildman–Crippen LogP) is 4.00. The Balaban J connectivity index is 1.73. The van der Waals surface area contributed by atoms with Crippen LogP contribution in [0.25, 0.3) is 0 Å². The summed E-state index contributed by atoms with van der Waals surface area (Å²) in [6.45, 7) is 8.64. The minimum atomic E-state index is -1.51. The lowest BCUT2D eigenvalue weighted by atomic mass is 9.94. The van der Waals surface area contributed by atoms with Gasteiger partial charge in [0.15, 0.2) is 0 Å². The Morgan fingerprint density at radius 3 is 2.14 bits per heavy atom. The molecule has 0 radical (unpaired) electrons. The van der Waals surface area contributed by atoms with Gasteiger partial charge in [-0.1, -0.05) is 55.5 Å². The van der Waals surface area contributed by atoms with Crippen molar-refractivity contribution >= 4 is 35.8 Å². The molecule has 1 saturated heterocycles. The van der Waals surface area contributed by atoms with Crippen molar-refractivity contribution in [2.24, 2.45) is 0 Å². The number of nitrogens with zero attached hydrogens (tertiary/aromatic N) is 1. The third-order valence-electron chi connectivity index (χ3n) is 8.45. The Morgan fingerprint density at radius 1 is 0.900 bits per heavy atom. The molecule has 3 rings (SSSR count). The fourth-order valence-corrected chi connectivity index (χ4v) is 5.51. The van der Waals surface area contributed by atoms with E-state index in [1.54, 1.807) is 82.3 Å². The van der Waals surface area contributed by atoms with Crippen LogP contribution in [-0.2, 0) is 35.1 Å². The number of carbonyl (C=O) groups excluding carboxylic acids is 5. The second-order valence-corrected chi connectivity index (χ2v) is 13.6. The number of rotatable bonds is 16. The zero-order valence-corrected chi connectivity index (χ0v) is 29.5. The molecule has 0 spiro atoms. The molecule has 1 heterocycles. The summed E-state index contributed by atoms with van der Waals surface area (Å²) in [6, 6.07) is 14.4. The summed E-state index contributed by atoms with van der Waals surface area (Å²) in [5.74, 6) is -3.38. The van der Waals surface area contributed by atoms with Crippen molar-refractivity contribution in [2.45, 2.75) is 109 Å². The molecule has 13 nitrogen and oxygen atoms in total. The van der Waals surface area contributed by atoms with Crippen molar-refractivity contribution in [3.63, 3.8) is 0 Å². The minimum Gasteiger partial charge on any atom is -0.480 e. The number of amides is 4. The molecule has 0 aromatic heterocycles. The molecule has 4 N–H and O–H groups in total. The maximum atomic E-state index is 13.9. The number of carbonyl (C=O) groups is 6. The number of likely N-dealkylation sites (tertiary alicyclic amines) is 1. The van der Waals surface area contributed by atoms with Gasteiger partial charge in [0.25, 0.3) is 0 Å². The number of unbranched alkanes of at least 4 members (excludes halogenated alkanes) is 1. The molecular formula is C37H50N4O9. The summed E-state index contributed by atoms with van der Waals surface area (Å²) in [5.41, 5.74) is -1.16. The van der Waals surface area contributed by atoms with Gasteiger partial charge in [-0.3, -0.25) is 14.4 Å². The third-order valence-corrected chi connectivity index (χ3v) is 8.45. The fourth-order valence-electron chi connectivity index (χ4n) is 5.51. The highest BCUT2D eigenvalue weighted by Crippen LogP contribution is 2.21. The molecule has 0 unspecified atom stereocenters. The van der Waals surface area contributed by atoms with Crippen LogP contribution in [-0.4, -0.2) is 88.2 Å². The number of alkyl carbamates (subject to hydrolysis) is 1. The SMILES string of the molecule is CC[C@](C)(NC(=O)[C@H](CCCCOC(=O)c1ccccc1)NC(=O)OC(C)(C)C)C(=O)N[C@@H](Cc1ccccc1)C(=O)N1CCC[C@@H]1C(=O)O. The first-order valence-electron chi connectivity index (χ1n) is 17.1. The first kappa shape index (κ1) is 39.5. The molecule has 2 aromatic carbocycles. The van der Waals surface area contributed by atoms with Gasteiger partial charge in [-0.25, -0.2) is 14.4 Å². The van der Waals surface area contributed by atoms with E-state index in [1.807, 2.05) is 6.07 Å². The van der Waals surface area contributed by atoms with Crippen LogP contribution in [0, 0.1) is 0 Å². The van der Waals surface area contributed by atoms with Crippen LogP contribution in [0.2, 0.25) is 0 Å². The van der Waals surface area contributed by atoms with E-state index in [-0.39, 0.29) is 32.4 Å². The molecule has 0 saturated carbocycles. The van der Waals surface area contributed by atoms with E-state index in [4.69, 9.17) is 9.47 Å². The van der Waals surface area contributed by atoms with Crippen molar-refractivity contribution in [3.8, 4) is 0 Å². The average Bonchev–Trinajstić information content (AvgIpc) is 3.57. The van der Waals surface area contributed by atoms with Crippen molar-refractivity contribution in [2.75, 3.05) is 13.2 Å². The molecule has 0 aliphatic carbocycles. The molecule has 13 heteroatoms. The Hall–Kier alpha value is -4.94. The van der Waals surface area contributed by atoms with Crippen LogP contribution in [0.1, 0.15) is 89.1 Å². The Morgan fingerprint density at radius 2 is 1.54 bits per heavy atom. The van der Waals surface area contributed by atoms with Crippen LogP contribution < -0.4 is 16.0 Å². The molecule has 4 amide bonds. The number of ether oxygens (including phenoxy) is 2. The third kappa shape index (κ3) is 11.9. The molecular weight excluding hydrogens is 644 g/mol. The molecule has 50 heavy (non-hydrogen) atoms. The summed E-state index contributed by atoms with van der Waals surface area (Å²) in [7, 11) is 0. The lowest BCUT2D eigenvalue weighted by Gasteiger charge is -2.34. The lowest BCUT2D eigenvalue weighted by Crippen LogP contribution is -2.63. The van der Waals surface area contributed by atoms with Crippen molar-refractivity contribution < 1.29 is 43.3 Å². The summed E-state index contributed by atoms with van der Waals surface area (Å²) < 4.78 is 10.7. The van der Waals surface area contributed by atoms with E-state index in [1.165, 1.54) is 11.8 Å². The van der Waals surface area contributed by atoms with E-state index in [9.17, 15) is 33.9 Å². The van der Waals surface area contributed by atoms with Gasteiger partial charge in [0.1, 0.15) is 29.3 Å². The minimum absolute atomic E-state index is 0.0974. The highest BCUT2D eigenvalue weighted by Gasteiger charge is 2.41. The number of hydrogen-bond acceptors (Lipinski definition) is 8. The topological polar surface area (TPSA) is 180 Å². The van der Waals surface area contributed by atoms with Gasteiger partial charge in [-0.15, -0.1) is 0 Å². The van der Waals surface area contributed by atoms with Crippen LogP contribution in [0.3, 0.4) is 0 Å². The quantitative estimate of drug-likeness (QED) is 0.149. The zero-order chi connectivity index (χ0) is 36.9. The van der Waals surface area contributed by atoms with Crippen LogP contribution in [0.4, 0.5) is 4.79 Å². The van der Waals surface area contributed by atoms with E-state index in [0.717, 1.165) is 5.56 Å². The van der Waals surface area contributed by atoms with E-state index < -0.39 is 65.0 Å². The van der Waals surface area contributed by atoms with Gasteiger partial charge < -0.3 is 35.4 Å². The maximum absolute atomic E-state index is 13.9.